The third-order valence-electron chi connectivity index (χ3n) is 3.31. The van der Waals surface area contributed by atoms with E-state index in [-0.39, 0.29) is 0 Å². The summed E-state index contributed by atoms with van der Waals surface area (Å²) in [5.41, 5.74) is 2.71. The van der Waals surface area contributed by atoms with Gasteiger partial charge >= 0.3 is 0 Å². The highest BCUT2D eigenvalue weighted by atomic mass is 15.1. The fourth-order valence-electron chi connectivity index (χ4n) is 2.09. The number of hydrogen-bond donors (Lipinski definition) is 2. The van der Waals surface area contributed by atoms with E-state index in [9.17, 15) is 0 Å². The van der Waals surface area contributed by atoms with Crippen LogP contribution in [0.4, 0.5) is 11.6 Å². The standard InChI is InChI=1S/C16H22N4/c1-4-14-19-15(17-3)11-16(20-14)18-10-9-13-8-6-5-7-12(13)2/h5-8,11H,4,9-10H2,1-3H3,(H2,17,18,19,20). The highest BCUT2D eigenvalue weighted by Gasteiger charge is 2.02. The molecule has 0 amide bonds. The van der Waals surface area contributed by atoms with Crippen LogP contribution in [0.2, 0.25) is 0 Å². The van der Waals surface area contributed by atoms with Gasteiger partial charge < -0.3 is 10.6 Å². The van der Waals surface area contributed by atoms with Crippen molar-refractivity contribution in [2.24, 2.45) is 0 Å². The van der Waals surface area contributed by atoms with Crippen molar-refractivity contribution in [2.75, 3.05) is 24.2 Å². The van der Waals surface area contributed by atoms with Crippen molar-refractivity contribution >= 4 is 11.6 Å². The first-order valence-corrected chi connectivity index (χ1v) is 7.07. The molecule has 0 aliphatic heterocycles. The minimum Gasteiger partial charge on any atom is -0.373 e. The summed E-state index contributed by atoms with van der Waals surface area (Å²) in [6.45, 7) is 5.08. The second kappa shape index (κ2) is 6.89. The van der Waals surface area contributed by atoms with E-state index in [0.717, 1.165) is 36.8 Å². The molecule has 106 valence electrons. The first kappa shape index (κ1) is 14.3. The lowest BCUT2D eigenvalue weighted by atomic mass is 10.1. The molecule has 0 fully saturated rings. The number of nitrogens with zero attached hydrogens (tertiary/aromatic N) is 2. The second-order valence-corrected chi connectivity index (χ2v) is 4.76. The van der Waals surface area contributed by atoms with Crippen LogP contribution in [0.5, 0.6) is 0 Å². The summed E-state index contributed by atoms with van der Waals surface area (Å²) < 4.78 is 0. The molecule has 0 bridgehead atoms. The van der Waals surface area contributed by atoms with E-state index in [2.05, 4.69) is 58.7 Å². The number of aryl methyl sites for hydroxylation is 2. The zero-order valence-corrected chi connectivity index (χ0v) is 12.4. The summed E-state index contributed by atoms with van der Waals surface area (Å²) in [4.78, 5) is 8.88. The predicted molar refractivity (Wildman–Crippen MR) is 84.3 cm³/mol. The molecule has 4 heteroatoms. The Hall–Kier alpha value is -2.10. The molecule has 20 heavy (non-hydrogen) atoms. The van der Waals surface area contributed by atoms with E-state index in [4.69, 9.17) is 0 Å². The summed E-state index contributed by atoms with van der Waals surface area (Å²) in [6.07, 6.45) is 1.83. The maximum absolute atomic E-state index is 4.49. The van der Waals surface area contributed by atoms with Crippen LogP contribution in [-0.4, -0.2) is 23.6 Å². The average Bonchev–Trinajstić information content (AvgIpc) is 2.48. The zero-order chi connectivity index (χ0) is 14.4. The lowest BCUT2D eigenvalue weighted by molar-refractivity contribution is 0.925. The lowest BCUT2D eigenvalue weighted by Gasteiger charge is -2.10. The van der Waals surface area contributed by atoms with Gasteiger partial charge in [0.1, 0.15) is 17.5 Å². The quantitative estimate of drug-likeness (QED) is 0.847. The van der Waals surface area contributed by atoms with E-state index in [1.165, 1.54) is 11.1 Å². The third-order valence-corrected chi connectivity index (χ3v) is 3.31. The van der Waals surface area contributed by atoms with Crippen molar-refractivity contribution in [2.45, 2.75) is 26.7 Å². The number of anilines is 2. The van der Waals surface area contributed by atoms with Gasteiger partial charge in [-0.15, -0.1) is 0 Å². The van der Waals surface area contributed by atoms with Gasteiger partial charge in [0.05, 0.1) is 0 Å². The van der Waals surface area contributed by atoms with Gasteiger partial charge in [-0.3, -0.25) is 0 Å². The van der Waals surface area contributed by atoms with Gasteiger partial charge in [-0.1, -0.05) is 31.2 Å². The molecule has 0 aliphatic rings. The number of nitrogens with one attached hydrogen (secondary N) is 2. The van der Waals surface area contributed by atoms with Crippen molar-refractivity contribution in [1.82, 2.24) is 9.97 Å². The van der Waals surface area contributed by atoms with Crippen molar-refractivity contribution in [3.05, 3.63) is 47.3 Å². The molecule has 0 aliphatic carbocycles. The predicted octanol–water partition coefficient (Wildman–Crippen LogP) is 3.04. The minimum absolute atomic E-state index is 0.835. The number of rotatable bonds is 6. The fourth-order valence-corrected chi connectivity index (χ4v) is 2.09. The van der Waals surface area contributed by atoms with Crippen LogP contribution < -0.4 is 10.6 Å². The summed E-state index contributed by atoms with van der Waals surface area (Å²) in [7, 11) is 1.87. The first-order chi connectivity index (χ1) is 9.72. The molecule has 1 aromatic heterocycles. The normalized spacial score (nSPS) is 10.3. The molecule has 1 heterocycles. The van der Waals surface area contributed by atoms with E-state index in [0.29, 0.717) is 0 Å². The van der Waals surface area contributed by atoms with Crippen molar-refractivity contribution < 1.29 is 0 Å². The highest BCUT2D eigenvalue weighted by molar-refractivity contribution is 5.47. The van der Waals surface area contributed by atoms with Crippen LogP contribution in [0.3, 0.4) is 0 Å². The van der Waals surface area contributed by atoms with Crippen LogP contribution in [0.15, 0.2) is 30.3 Å². The molecular weight excluding hydrogens is 248 g/mol. The van der Waals surface area contributed by atoms with E-state index >= 15 is 0 Å². The van der Waals surface area contributed by atoms with Gasteiger partial charge in [0, 0.05) is 26.1 Å². The maximum atomic E-state index is 4.49. The molecule has 0 spiro atoms. The lowest BCUT2D eigenvalue weighted by Crippen LogP contribution is -2.09. The van der Waals surface area contributed by atoms with Crippen LogP contribution in [0, 0.1) is 6.92 Å². The number of benzene rings is 1. The van der Waals surface area contributed by atoms with Crippen molar-refractivity contribution in [1.29, 1.82) is 0 Å². The molecule has 2 rings (SSSR count). The Labute approximate surface area is 120 Å². The van der Waals surface area contributed by atoms with Gasteiger partial charge in [0.15, 0.2) is 0 Å². The van der Waals surface area contributed by atoms with Crippen molar-refractivity contribution in [3.8, 4) is 0 Å². The minimum atomic E-state index is 0.835. The Balaban J connectivity index is 1.99. The molecule has 2 aromatic rings. The highest BCUT2D eigenvalue weighted by Crippen LogP contribution is 2.12. The Bertz CT molecular complexity index is 544. The smallest absolute Gasteiger partial charge is 0.132 e. The Morgan fingerprint density at radius 3 is 2.55 bits per heavy atom. The summed E-state index contributed by atoms with van der Waals surface area (Å²) >= 11 is 0. The van der Waals surface area contributed by atoms with Gasteiger partial charge in [-0.05, 0) is 24.5 Å². The summed E-state index contributed by atoms with van der Waals surface area (Å²) in [6, 6.07) is 10.4. The summed E-state index contributed by atoms with van der Waals surface area (Å²) in [5, 5.41) is 6.45. The summed E-state index contributed by atoms with van der Waals surface area (Å²) in [5.74, 6) is 2.60. The largest absolute Gasteiger partial charge is 0.373 e. The Morgan fingerprint density at radius 2 is 1.85 bits per heavy atom. The molecule has 0 atom stereocenters. The molecule has 0 radical (unpaired) electrons. The third kappa shape index (κ3) is 3.70. The molecule has 2 N–H and O–H groups in total. The molecule has 4 nitrogen and oxygen atoms in total. The van der Waals surface area contributed by atoms with Crippen molar-refractivity contribution in [3.63, 3.8) is 0 Å². The topological polar surface area (TPSA) is 49.8 Å². The van der Waals surface area contributed by atoms with Crippen LogP contribution >= 0.6 is 0 Å². The molecule has 1 aromatic carbocycles. The Morgan fingerprint density at radius 1 is 1.10 bits per heavy atom. The van der Waals surface area contributed by atoms with E-state index < -0.39 is 0 Å². The first-order valence-electron chi connectivity index (χ1n) is 7.07. The van der Waals surface area contributed by atoms with Crippen LogP contribution in [0.1, 0.15) is 23.9 Å². The van der Waals surface area contributed by atoms with Gasteiger partial charge in [-0.2, -0.15) is 0 Å². The molecular formula is C16H22N4. The van der Waals surface area contributed by atoms with Gasteiger partial charge in [0.2, 0.25) is 0 Å². The number of aromatic nitrogens is 2. The monoisotopic (exact) mass is 270 g/mol. The molecule has 0 saturated heterocycles. The molecule has 0 saturated carbocycles. The van der Waals surface area contributed by atoms with Crippen LogP contribution in [0.25, 0.3) is 0 Å². The van der Waals surface area contributed by atoms with Gasteiger partial charge in [-0.25, -0.2) is 9.97 Å². The average molecular weight is 270 g/mol. The second-order valence-electron chi connectivity index (χ2n) is 4.76. The van der Waals surface area contributed by atoms with Crippen LogP contribution in [-0.2, 0) is 12.8 Å². The van der Waals surface area contributed by atoms with E-state index in [1.54, 1.807) is 0 Å². The zero-order valence-electron chi connectivity index (χ0n) is 12.4. The van der Waals surface area contributed by atoms with Gasteiger partial charge in [0.25, 0.3) is 0 Å². The molecule has 0 unspecified atom stereocenters. The van der Waals surface area contributed by atoms with E-state index in [1.807, 2.05) is 13.1 Å². The number of hydrogen-bond acceptors (Lipinski definition) is 4. The maximum Gasteiger partial charge on any atom is 0.132 e. The SMILES string of the molecule is CCc1nc(NC)cc(NCCc2ccccc2C)n1. The Kier molecular flexibility index (Phi) is 4.93. The fraction of sp³-hybridized carbons (Fsp3) is 0.375.